The number of rotatable bonds is 42. The van der Waals surface area contributed by atoms with Gasteiger partial charge in [-0.15, -0.1) is 0 Å². The first-order valence-corrected chi connectivity index (χ1v) is 22.7. The van der Waals surface area contributed by atoms with Crippen LogP contribution in [0.4, 0.5) is 0 Å². The molecule has 0 saturated heterocycles. The van der Waals surface area contributed by atoms with E-state index in [0.717, 1.165) is 51.4 Å². The van der Waals surface area contributed by atoms with Gasteiger partial charge in [0.2, 0.25) is 0 Å². The van der Waals surface area contributed by atoms with Crippen molar-refractivity contribution in [3.63, 3.8) is 0 Å². The Balaban J connectivity index is 3.96. The molecule has 0 aliphatic heterocycles. The zero-order valence-electron chi connectivity index (χ0n) is 34.0. The van der Waals surface area contributed by atoms with E-state index in [-0.39, 0.29) is 12.1 Å². The number of unbranched alkanes of at least 4 members (excludes halogenated alkanes) is 31. The van der Waals surface area contributed by atoms with Crippen LogP contribution in [0.15, 0.2) is 12.2 Å². The number of hydrogen-bond donors (Lipinski definition) is 1. The molecule has 0 spiro atoms. The van der Waals surface area contributed by atoms with Crippen molar-refractivity contribution in [3.05, 3.63) is 12.2 Å². The summed E-state index contributed by atoms with van der Waals surface area (Å²) < 4.78 is 6.07. The van der Waals surface area contributed by atoms with Gasteiger partial charge in [0.25, 0.3) is 0 Å². The number of carbonyl (C=O) groups excluding carboxylic acids is 1. The van der Waals surface area contributed by atoms with Crippen LogP contribution in [0, 0.1) is 0 Å². The number of esters is 1. The lowest BCUT2D eigenvalue weighted by Gasteiger charge is -2.18. The molecule has 0 aliphatic carbocycles. The van der Waals surface area contributed by atoms with E-state index in [9.17, 15) is 9.59 Å². The second-order valence-electron chi connectivity index (χ2n) is 15.6. The maximum absolute atomic E-state index is 12.8. The van der Waals surface area contributed by atoms with Crippen LogP contribution < -0.4 is 0 Å². The van der Waals surface area contributed by atoms with Crippen molar-refractivity contribution in [2.45, 2.75) is 270 Å². The minimum atomic E-state index is -0.675. The first-order chi connectivity index (χ1) is 24.6. The minimum Gasteiger partial charge on any atom is -0.481 e. The van der Waals surface area contributed by atoms with Crippen LogP contribution in [0.1, 0.15) is 264 Å². The van der Waals surface area contributed by atoms with Crippen molar-refractivity contribution in [2.75, 3.05) is 0 Å². The molecule has 0 heterocycles. The number of aliphatic carboxylic acids is 1. The Labute approximate surface area is 313 Å². The summed E-state index contributed by atoms with van der Waals surface area (Å²) in [6.45, 7) is 4.56. The Kier molecular flexibility index (Phi) is 41.0. The normalized spacial score (nSPS) is 12.2. The Morgan fingerprint density at radius 2 is 0.720 bits per heavy atom. The van der Waals surface area contributed by atoms with E-state index in [1.54, 1.807) is 0 Å². The van der Waals surface area contributed by atoms with Crippen molar-refractivity contribution in [1.82, 2.24) is 0 Å². The standard InChI is InChI=1S/C46H88O4/c1-3-5-7-9-11-13-14-15-16-17-18-19-20-21-22-27-31-35-39-43-46(49)50-44(40-36-32-28-24-12-10-8-6-4-2)41-37-33-29-25-23-26-30-34-38-42-45(47)48/h15-16,44H,3-14,17-43H2,1-2H3,(H,47,48)/b16-15-. The summed E-state index contributed by atoms with van der Waals surface area (Å²) in [6, 6.07) is 0. The van der Waals surface area contributed by atoms with Gasteiger partial charge in [0.05, 0.1) is 0 Å². The highest BCUT2D eigenvalue weighted by Gasteiger charge is 2.14. The molecule has 0 fully saturated rings. The van der Waals surface area contributed by atoms with Gasteiger partial charge in [-0.05, 0) is 64.2 Å². The maximum atomic E-state index is 12.8. The highest BCUT2D eigenvalue weighted by molar-refractivity contribution is 5.69. The highest BCUT2D eigenvalue weighted by atomic mass is 16.5. The summed E-state index contributed by atoms with van der Waals surface area (Å²) in [5.74, 6) is -0.638. The van der Waals surface area contributed by atoms with Crippen molar-refractivity contribution in [2.24, 2.45) is 0 Å². The van der Waals surface area contributed by atoms with Crippen LogP contribution in [0.2, 0.25) is 0 Å². The molecule has 0 aliphatic rings. The SMILES string of the molecule is CCCCCCCC/C=C\CCCCCCCCCCCC(=O)OC(CCCCCCCCCCC)CCCCCCCCCCCC(=O)O. The van der Waals surface area contributed by atoms with Gasteiger partial charge in [-0.2, -0.15) is 0 Å². The van der Waals surface area contributed by atoms with Crippen molar-refractivity contribution >= 4 is 11.9 Å². The molecule has 0 saturated carbocycles. The van der Waals surface area contributed by atoms with Gasteiger partial charge in [-0.25, -0.2) is 0 Å². The Hall–Kier alpha value is -1.32. The van der Waals surface area contributed by atoms with Crippen LogP contribution in [-0.4, -0.2) is 23.1 Å². The summed E-state index contributed by atoms with van der Waals surface area (Å²) >= 11 is 0. The number of ether oxygens (including phenoxy) is 1. The Morgan fingerprint density at radius 1 is 0.420 bits per heavy atom. The third kappa shape index (κ3) is 41.1. The van der Waals surface area contributed by atoms with Gasteiger partial charge in [0.15, 0.2) is 0 Å². The summed E-state index contributed by atoms with van der Waals surface area (Å²) in [7, 11) is 0. The molecule has 50 heavy (non-hydrogen) atoms. The largest absolute Gasteiger partial charge is 0.481 e. The van der Waals surface area contributed by atoms with Crippen LogP contribution in [0.5, 0.6) is 0 Å². The molecule has 0 amide bonds. The third-order valence-electron chi connectivity index (χ3n) is 10.5. The van der Waals surface area contributed by atoms with E-state index >= 15 is 0 Å². The fraction of sp³-hybridized carbons (Fsp3) is 0.913. The van der Waals surface area contributed by atoms with E-state index in [1.807, 2.05) is 0 Å². The van der Waals surface area contributed by atoms with Crippen molar-refractivity contribution < 1.29 is 19.4 Å². The summed E-state index contributed by atoms with van der Waals surface area (Å²) in [6.07, 6.45) is 52.5. The molecular weight excluding hydrogens is 617 g/mol. The molecule has 4 nitrogen and oxygen atoms in total. The molecule has 0 aromatic heterocycles. The van der Waals surface area contributed by atoms with Gasteiger partial charge in [-0.3, -0.25) is 9.59 Å². The van der Waals surface area contributed by atoms with Crippen molar-refractivity contribution in [3.8, 4) is 0 Å². The molecule has 4 heteroatoms. The number of carbonyl (C=O) groups is 2. The van der Waals surface area contributed by atoms with Crippen LogP contribution in [0.3, 0.4) is 0 Å². The smallest absolute Gasteiger partial charge is 0.306 e. The van der Waals surface area contributed by atoms with Gasteiger partial charge < -0.3 is 9.84 Å². The zero-order chi connectivity index (χ0) is 36.4. The van der Waals surface area contributed by atoms with Crippen LogP contribution in [0.25, 0.3) is 0 Å². The molecule has 1 N–H and O–H groups in total. The van der Waals surface area contributed by atoms with E-state index < -0.39 is 5.97 Å². The zero-order valence-corrected chi connectivity index (χ0v) is 34.0. The number of hydrogen-bond acceptors (Lipinski definition) is 3. The van der Waals surface area contributed by atoms with Gasteiger partial charge >= 0.3 is 11.9 Å². The molecule has 0 bridgehead atoms. The van der Waals surface area contributed by atoms with Crippen LogP contribution in [-0.2, 0) is 14.3 Å². The quantitative estimate of drug-likeness (QED) is 0.0390. The average Bonchev–Trinajstić information content (AvgIpc) is 3.10. The Bertz CT molecular complexity index is 717. The lowest BCUT2D eigenvalue weighted by molar-refractivity contribution is -0.150. The molecule has 0 rings (SSSR count). The highest BCUT2D eigenvalue weighted by Crippen LogP contribution is 2.19. The monoisotopic (exact) mass is 705 g/mol. The lowest BCUT2D eigenvalue weighted by atomic mass is 10.0. The van der Waals surface area contributed by atoms with E-state index in [1.165, 1.54) is 186 Å². The molecule has 0 aromatic rings. The molecule has 1 atom stereocenters. The van der Waals surface area contributed by atoms with Gasteiger partial charge in [0.1, 0.15) is 6.10 Å². The minimum absolute atomic E-state index is 0.0369. The summed E-state index contributed by atoms with van der Waals surface area (Å²) in [5.41, 5.74) is 0. The fourth-order valence-corrected chi connectivity index (χ4v) is 7.12. The molecule has 0 aromatic carbocycles. The van der Waals surface area contributed by atoms with Gasteiger partial charge in [0, 0.05) is 12.8 Å². The second-order valence-corrected chi connectivity index (χ2v) is 15.6. The molecular formula is C46H88O4. The molecule has 0 radical (unpaired) electrons. The number of carboxylic acid groups (broad SMARTS) is 1. The predicted molar refractivity (Wildman–Crippen MR) is 218 cm³/mol. The van der Waals surface area contributed by atoms with Crippen LogP contribution >= 0.6 is 0 Å². The summed E-state index contributed by atoms with van der Waals surface area (Å²) in [5, 5.41) is 8.75. The van der Waals surface area contributed by atoms with Crippen molar-refractivity contribution in [1.29, 1.82) is 0 Å². The first kappa shape index (κ1) is 48.7. The van der Waals surface area contributed by atoms with E-state index in [4.69, 9.17) is 9.84 Å². The lowest BCUT2D eigenvalue weighted by Crippen LogP contribution is -2.18. The third-order valence-corrected chi connectivity index (χ3v) is 10.5. The molecule has 1 unspecified atom stereocenters. The topological polar surface area (TPSA) is 63.6 Å². The fourth-order valence-electron chi connectivity index (χ4n) is 7.12. The predicted octanol–water partition coefficient (Wildman–Crippen LogP) is 15.8. The first-order valence-electron chi connectivity index (χ1n) is 22.7. The second kappa shape index (κ2) is 42.1. The molecule has 296 valence electrons. The average molecular weight is 705 g/mol. The maximum Gasteiger partial charge on any atom is 0.306 e. The number of carboxylic acids is 1. The Morgan fingerprint density at radius 3 is 1.08 bits per heavy atom. The summed E-state index contributed by atoms with van der Waals surface area (Å²) in [4.78, 5) is 23.4. The van der Waals surface area contributed by atoms with E-state index in [0.29, 0.717) is 12.8 Å². The number of allylic oxidation sites excluding steroid dienone is 2. The van der Waals surface area contributed by atoms with E-state index in [2.05, 4.69) is 26.0 Å². The van der Waals surface area contributed by atoms with Gasteiger partial charge in [-0.1, -0.05) is 199 Å².